The van der Waals surface area contributed by atoms with E-state index in [0.717, 1.165) is 12.0 Å². The third kappa shape index (κ3) is 4.27. The highest BCUT2D eigenvalue weighted by atomic mass is 16.6. The number of amides is 1. The lowest BCUT2D eigenvalue weighted by atomic mass is 10.1. The Labute approximate surface area is 139 Å². The molecule has 0 fully saturated rings. The maximum atomic E-state index is 12.2. The van der Waals surface area contributed by atoms with Crippen LogP contribution < -0.4 is 5.32 Å². The van der Waals surface area contributed by atoms with Crippen molar-refractivity contribution in [3.63, 3.8) is 0 Å². The SMILES string of the molecule is CCc1ccc(NC(=O)/C(C#N)=C\c2cccc([N+](=O)[O-])c2)cc1. The van der Waals surface area contributed by atoms with Gasteiger partial charge in [0.25, 0.3) is 11.6 Å². The molecule has 0 unspecified atom stereocenters. The predicted molar refractivity (Wildman–Crippen MR) is 91.1 cm³/mol. The molecule has 0 heterocycles. The molecular weight excluding hydrogens is 306 g/mol. The van der Waals surface area contributed by atoms with Crippen LogP contribution in [0, 0.1) is 21.4 Å². The van der Waals surface area contributed by atoms with E-state index in [4.69, 9.17) is 0 Å². The van der Waals surface area contributed by atoms with Crippen molar-refractivity contribution in [3.8, 4) is 6.07 Å². The number of hydrogen-bond donors (Lipinski definition) is 1. The zero-order valence-corrected chi connectivity index (χ0v) is 13.0. The highest BCUT2D eigenvalue weighted by Gasteiger charge is 2.11. The molecule has 0 aliphatic rings. The normalized spacial score (nSPS) is 10.8. The highest BCUT2D eigenvalue weighted by Crippen LogP contribution is 2.17. The number of nitriles is 1. The van der Waals surface area contributed by atoms with Crippen LogP contribution in [0.4, 0.5) is 11.4 Å². The molecule has 2 aromatic carbocycles. The van der Waals surface area contributed by atoms with Gasteiger partial charge in [-0.3, -0.25) is 14.9 Å². The molecule has 0 aliphatic heterocycles. The summed E-state index contributed by atoms with van der Waals surface area (Å²) in [5.74, 6) is -0.562. The van der Waals surface area contributed by atoms with E-state index in [1.165, 1.54) is 24.3 Å². The van der Waals surface area contributed by atoms with Gasteiger partial charge >= 0.3 is 0 Å². The van der Waals surface area contributed by atoms with Crippen molar-refractivity contribution in [1.29, 1.82) is 5.26 Å². The Hall–Kier alpha value is -3.46. The van der Waals surface area contributed by atoms with Crippen LogP contribution in [0.15, 0.2) is 54.1 Å². The number of non-ortho nitro benzene ring substituents is 1. The Bertz CT molecular complexity index is 833. The molecule has 2 rings (SSSR count). The van der Waals surface area contributed by atoms with E-state index in [9.17, 15) is 20.2 Å². The molecule has 1 amide bonds. The average Bonchev–Trinajstić information content (AvgIpc) is 2.60. The van der Waals surface area contributed by atoms with Gasteiger partial charge in [-0.1, -0.05) is 31.2 Å². The van der Waals surface area contributed by atoms with E-state index in [2.05, 4.69) is 5.32 Å². The summed E-state index contributed by atoms with van der Waals surface area (Å²) in [5.41, 5.74) is 1.90. The van der Waals surface area contributed by atoms with Crippen LogP contribution in [0.1, 0.15) is 18.1 Å². The summed E-state index contributed by atoms with van der Waals surface area (Å²) in [4.78, 5) is 22.4. The summed E-state index contributed by atoms with van der Waals surface area (Å²) in [6, 6.07) is 14.9. The van der Waals surface area contributed by atoms with Crippen LogP contribution in [0.5, 0.6) is 0 Å². The Morgan fingerprint density at radius 3 is 2.58 bits per heavy atom. The monoisotopic (exact) mass is 321 g/mol. The van der Waals surface area contributed by atoms with Crippen LogP contribution in [0.2, 0.25) is 0 Å². The first kappa shape index (κ1) is 16.9. The first-order valence-electron chi connectivity index (χ1n) is 7.30. The Morgan fingerprint density at radius 1 is 1.29 bits per heavy atom. The molecule has 0 saturated heterocycles. The number of carbonyl (C=O) groups excluding carboxylic acids is 1. The Kier molecular flexibility index (Phi) is 5.42. The van der Waals surface area contributed by atoms with E-state index >= 15 is 0 Å². The predicted octanol–water partition coefficient (Wildman–Crippen LogP) is 3.70. The lowest BCUT2D eigenvalue weighted by Crippen LogP contribution is -2.13. The van der Waals surface area contributed by atoms with Crippen LogP contribution >= 0.6 is 0 Å². The molecule has 0 spiro atoms. The largest absolute Gasteiger partial charge is 0.321 e. The smallest absolute Gasteiger partial charge is 0.270 e. The number of benzene rings is 2. The number of nitrogens with zero attached hydrogens (tertiary/aromatic N) is 2. The molecule has 120 valence electrons. The number of carbonyl (C=O) groups is 1. The first-order valence-corrected chi connectivity index (χ1v) is 7.30. The van der Waals surface area contributed by atoms with Gasteiger partial charge in [-0.05, 0) is 35.8 Å². The number of nitro groups is 1. The van der Waals surface area contributed by atoms with Gasteiger partial charge in [0.15, 0.2) is 0 Å². The number of nitrogens with one attached hydrogen (secondary N) is 1. The summed E-state index contributed by atoms with van der Waals surface area (Å²) in [5, 5.41) is 22.6. The zero-order chi connectivity index (χ0) is 17.5. The zero-order valence-electron chi connectivity index (χ0n) is 13.0. The van der Waals surface area contributed by atoms with Gasteiger partial charge in [0, 0.05) is 17.8 Å². The molecular formula is C18H15N3O3. The van der Waals surface area contributed by atoms with Gasteiger partial charge in [0.1, 0.15) is 11.6 Å². The van der Waals surface area contributed by atoms with Crippen molar-refractivity contribution in [3.05, 3.63) is 75.3 Å². The second-order valence-electron chi connectivity index (χ2n) is 5.03. The standard InChI is InChI=1S/C18H15N3O3/c1-2-13-6-8-16(9-7-13)20-18(22)15(12-19)10-14-4-3-5-17(11-14)21(23)24/h3-11H,2H2,1H3,(H,20,22)/b15-10-. The fourth-order valence-electron chi connectivity index (χ4n) is 2.07. The minimum atomic E-state index is -0.562. The molecule has 0 radical (unpaired) electrons. The summed E-state index contributed by atoms with van der Waals surface area (Å²) >= 11 is 0. The molecule has 0 saturated carbocycles. The minimum Gasteiger partial charge on any atom is -0.321 e. The van der Waals surface area contributed by atoms with Crippen molar-refractivity contribution < 1.29 is 9.72 Å². The summed E-state index contributed by atoms with van der Waals surface area (Å²) in [6.07, 6.45) is 2.22. The molecule has 0 atom stereocenters. The topological polar surface area (TPSA) is 96.0 Å². The van der Waals surface area contributed by atoms with Crippen molar-refractivity contribution in [1.82, 2.24) is 0 Å². The molecule has 24 heavy (non-hydrogen) atoms. The van der Waals surface area contributed by atoms with E-state index in [-0.39, 0.29) is 11.3 Å². The van der Waals surface area contributed by atoms with Crippen molar-refractivity contribution in [2.45, 2.75) is 13.3 Å². The fourth-order valence-corrected chi connectivity index (χ4v) is 2.07. The summed E-state index contributed by atoms with van der Waals surface area (Å²) in [7, 11) is 0. The third-order valence-corrected chi connectivity index (χ3v) is 3.38. The maximum Gasteiger partial charge on any atom is 0.270 e. The van der Waals surface area contributed by atoms with E-state index < -0.39 is 10.8 Å². The second-order valence-corrected chi connectivity index (χ2v) is 5.03. The van der Waals surface area contributed by atoms with Crippen molar-refractivity contribution >= 4 is 23.4 Å². The van der Waals surface area contributed by atoms with Gasteiger partial charge < -0.3 is 5.32 Å². The number of anilines is 1. The van der Waals surface area contributed by atoms with Gasteiger partial charge in [0.2, 0.25) is 0 Å². The van der Waals surface area contributed by atoms with Gasteiger partial charge in [-0.15, -0.1) is 0 Å². The molecule has 2 aromatic rings. The average molecular weight is 321 g/mol. The highest BCUT2D eigenvalue weighted by molar-refractivity contribution is 6.09. The molecule has 0 bridgehead atoms. The van der Waals surface area contributed by atoms with Gasteiger partial charge in [-0.2, -0.15) is 5.26 Å². The molecule has 0 aliphatic carbocycles. The number of hydrogen-bond acceptors (Lipinski definition) is 4. The van der Waals surface area contributed by atoms with Gasteiger partial charge in [-0.25, -0.2) is 0 Å². The molecule has 1 N–H and O–H groups in total. The van der Waals surface area contributed by atoms with Crippen LogP contribution in [-0.2, 0) is 11.2 Å². The van der Waals surface area contributed by atoms with E-state index in [0.29, 0.717) is 11.3 Å². The van der Waals surface area contributed by atoms with Crippen LogP contribution in [0.25, 0.3) is 6.08 Å². The fraction of sp³-hybridized carbons (Fsp3) is 0.111. The maximum absolute atomic E-state index is 12.2. The second kappa shape index (κ2) is 7.70. The number of nitro benzene ring substituents is 1. The van der Waals surface area contributed by atoms with Crippen molar-refractivity contribution in [2.75, 3.05) is 5.32 Å². The van der Waals surface area contributed by atoms with Crippen LogP contribution in [0.3, 0.4) is 0 Å². The van der Waals surface area contributed by atoms with Crippen LogP contribution in [-0.4, -0.2) is 10.8 Å². The quantitative estimate of drug-likeness (QED) is 0.393. The Morgan fingerprint density at radius 2 is 2.00 bits per heavy atom. The van der Waals surface area contributed by atoms with Gasteiger partial charge in [0.05, 0.1) is 4.92 Å². The number of aryl methyl sites for hydroxylation is 1. The molecule has 0 aromatic heterocycles. The van der Waals surface area contributed by atoms with E-state index in [1.807, 2.05) is 25.1 Å². The third-order valence-electron chi connectivity index (χ3n) is 3.38. The number of rotatable bonds is 5. The summed E-state index contributed by atoms with van der Waals surface area (Å²) in [6.45, 7) is 2.03. The lowest BCUT2D eigenvalue weighted by Gasteiger charge is -2.05. The lowest BCUT2D eigenvalue weighted by molar-refractivity contribution is -0.384. The van der Waals surface area contributed by atoms with Crippen molar-refractivity contribution in [2.24, 2.45) is 0 Å². The molecule has 6 heteroatoms. The minimum absolute atomic E-state index is 0.100. The molecule has 6 nitrogen and oxygen atoms in total. The first-order chi connectivity index (χ1) is 11.5. The summed E-state index contributed by atoms with van der Waals surface area (Å²) < 4.78 is 0. The van der Waals surface area contributed by atoms with E-state index in [1.54, 1.807) is 18.2 Å². The Balaban J connectivity index is 2.20.